The molecule has 1 aliphatic rings. The lowest BCUT2D eigenvalue weighted by Crippen LogP contribution is -2.51. The number of anilines is 1. The highest BCUT2D eigenvalue weighted by molar-refractivity contribution is 7.94. The number of fused-ring (bicyclic) bond motifs is 1. The third-order valence-corrected chi connectivity index (χ3v) is 8.67. The zero-order valence-electron chi connectivity index (χ0n) is 21.1. The van der Waals surface area contributed by atoms with Crippen molar-refractivity contribution in [1.82, 2.24) is 15.1 Å². The Hall–Kier alpha value is -2.83. The van der Waals surface area contributed by atoms with E-state index in [1.807, 2.05) is 20.8 Å². The lowest BCUT2D eigenvalue weighted by Gasteiger charge is -2.38. The predicted molar refractivity (Wildman–Crippen MR) is 139 cm³/mol. The molecule has 3 rings (SSSR count). The number of nitrogens with one attached hydrogen (secondary N) is 2. The van der Waals surface area contributed by atoms with Crippen LogP contribution in [0.25, 0.3) is 0 Å². The van der Waals surface area contributed by atoms with Crippen LogP contribution in [-0.4, -0.2) is 80.2 Å². The van der Waals surface area contributed by atoms with Gasteiger partial charge >= 0.3 is 6.03 Å². The van der Waals surface area contributed by atoms with Crippen molar-refractivity contribution in [2.45, 2.75) is 50.1 Å². The summed E-state index contributed by atoms with van der Waals surface area (Å²) in [6.07, 6.45) is -0.569. The Kier molecular flexibility index (Phi) is 8.85. The molecule has 1 aliphatic heterocycles. The first-order valence-electron chi connectivity index (χ1n) is 11.7. The molecule has 10 nitrogen and oxygen atoms in total. The molecule has 3 amide bonds. The van der Waals surface area contributed by atoms with Gasteiger partial charge in [-0.15, -0.1) is 11.3 Å². The summed E-state index contributed by atoms with van der Waals surface area (Å²) in [6.45, 7) is 7.61. The smallest absolute Gasteiger partial charge is 0.317 e. The van der Waals surface area contributed by atoms with E-state index in [-0.39, 0.29) is 64.8 Å². The van der Waals surface area contributed by atoms with E-state index < -0.39 is 22.2 Å². The van der Waals surface area contributed by atoms with E-state index in [0.29, 0.717) is 0 Å². The van der Waals surface area contributed by atoms with Crippen LogP contribution < -0.4 is 14.8 Å². The Labute approximate surface area is 216 Å². The minimum atomic E-state index is -3.91. The summed E-state index contributed by atoms with van der Waals surface area (Å²) in [5.41, 5.74) is 0.298. The van der Waals surface area contributed by atoms with Gasteiger partial charge < -0.3 is 25.0 Å². The number of nitrogens with zero attached hydrogens (tertiary/aromatic N) is 2. The second kappa shape index (κ2) is 11.5. The molecule has 12 heteroatoms. The molecule has 0 fully saturated rings. The molecule has 36 heavy (non-hydrogen) atoms. The Bertz CT molecular complexity index is 1170. The number of sulfonamides is 1. The molecule has 0 spiro atoms. The van der Waals surface area contributed by atoms with Crippen LogP contribution in [0.1, 0.15) is 38.1 Å². The van der Waals surface area contributed by atoms with Crippen LogP contribution in [0.4, 0.5) is 10.5 Å². The molecule has 2 aromatic rings. The van der Waals surface area contributed by atoms with Gasteiger partial charge in [0.1, 0.15) is 10.3 Å². The van der Waals surface area contributed by atoms with Crippen molar-refractivity contribution >= 4 is 39.0 Å². The number of benzene rings is 1. The molecular weight excluding hydrogens is 504 g/mol. The fourth-order valence-corrected chi connectivity index (χ4v) is 5.92. The average molecular weight is 539 g/mol. The number of aliphatic hydroxyl groups excluding tert-OH is 1. The zero-order chi connectivity index (χ0) is 26.6. The van der Waals surface area contributed by atoms with Gasteiger partial charge in [-0.05, 0) is 44.4 Å². The fourth-order valence-electron chi connectivity index (χ4n) is 3.86. The largest absolute Gasteiger partial charge is 0.485 e. The Balaban J connectivity index is 2.04. The molecule has 1 aromatic carbocycles. The Morgan fingerprint density at radius 1 is 1.28 bits per heavy atom. The van der Waals surface area contributed by atoms with Crippen LogP contribution in [-0.2, 0) is 10.0 Å². The number of rotatable bonds is 8. The molecule has 0 saturated heterocycles. The Morgan fingerprint density at radius 3 is 2.61 bits per heavy atom. The highest BCUT2D eigenvalue weighted by Gasteiger charge is 2.35. The lowest BCUT2D eigenvalue weighted by atomic mass is 9.99. The van der Waals surface area contributed by atoms with Crippen LogP contribution in [0.15, 0.2) is 39.9 Å². The number of amides is 3. The van der Waals surface area contributed by atoms with Crippen LogP contribution in [0.2, 0.25) is 0 Å². The van der Waals surface area contributed by atoms with Crippen molar-refractivity contribution in [3.05, 3.63) is 41.3 Å². The highest BCUT2D eigenvalue weighted by atomic mass is 32.2. The van der Waals surface area contributed by atoms with E-state index in [0.717, 1.165) is 11.3 Å². The van der Waals surface area contributed by atoms with Crippen LogP contribution in [0, 0.1) is 5.92 Å². The molecule has 2 heterocycles. The number of urea groups is 1. The summed E-state index contributed by atoms with van der Waals surface area (Å²) in [5.74, 6) is -0.528. The van der Waals surface area contributed by atoms with Gasteiger partial charge in [0, 0.05) is 25.6 Å². The maximum Gasteiger partial charge on any atom is 0.317 e. The summed E-state index contributed by atoms with van der Waals surface area (Å²) < 4.78 is 35.0. The van der Waals surface area contributed by atoms with E-state index >= 15 is 0 Å². The number of para-hydroxylation sites is 1. The summed E-state index contributed by atoms with van der Waals surface area (Å²) in [6, 6.07) is 7.02. The molecule has 198 valence electrons. The van der Waals surface area contributed by atoms with E-state index in [4.69, 9.17) is 4.74 Å². The number of aliphatic hydroxyl groups is 1. The number of thiophene rings is 1. The SMILES string of the molecule is CC(C)NC(=O)N(C)C[C@@H]1Oc2c(NS(=O)(=O)c3cccs3)cccc2C(=O)N([C@@H](C)CO)C[C@@H]1C. The van der Waals surface area contributed by atoms with E-state index in [1.54, 1.807) is 42.5 Å². The summed E-state index contributed by atoms with van der Waals surface area (Å²) in [4.78, 5) is 29.1. The number of hydrogen-bond acceptors (Lipinski definition) is 7. The number of likely N-dealkylation sites (N-methyl/N-ethyl adjacent to an activating group) is 1. The maximum atomic E-state index is 13.5. The summed E-state index contributed by atoms with van der Waals surface area (Å²) >= 11 is 1.07. The molecule has 3 N–H and O–H groups in total. The topological polar surface area (TPSA) is 128 Å². The highest BCUT2D eigenvalue weighted by Crippen LogP contribution is 2.36. The molecule has 0 bridgehead atoms. The molecule has 1 aromatic heterocycles. The van der Waals surface area contributed by atoms with Crippen molar-refractivity contribution in [2.24, 2.45) is 5.92 Å². The van der Waals surface area contributed by atoms with Crippen molar-refractivity contribution < 1.29 is 27.9 Å². The first kappa shape index (κ1) is 27.8. The minimum Gasteiger partial charge on any atom is -0.485 e. The molecule has 0 saturated carbocycles. The van der Waals surface area contributed by atoms with E-state index in [2.05, 4.69) is 10.0 Å². The normalized spacial score (nSPS) is 19.1. The average Bonchev–Trinajstić information content (AvgIpc) is 3.36. The van der Waals surface area contributed by atoms with Gasteiger partial charge in [0.2, 0.25) is 0 Å². The van der Waals surface area contributed by atoms with Crippen molar-refractivity contribution in [3.63, 3.8) is 0 Å². The van der Waals surface area contributed by atoms with Gasteiger partial charge in [-0.2, -0.15) is 0 Å². The van der Waals surface area contributed by atoms with Gasteiger partial charge in [0.15, 0.2) is 5.75 Å². The molecule has 0 unspecified atom stereocenters. The summed E-state index contributed by atoms with van der Waals surface area (Å²) in [7, 11) is -2.26. The quantitative estimate of drug-likeness (QED) is 0.474. The number of ether oxygens (including phenoxy) is 1. The maximum absolute atomic E-state index is 13.5. The number of carbonyl (C=O) groups excluding carboxylic acids is 2. The van der Waals surface area contributed by atoms with Gasteiger partial charge in [-0.1, -0.05) is 19.1 Å². The van der Waals surface area contributed by atoms with Gasteiger partial charge in [0.25, 0.3) is 15.9 Å². The molecular formula is C24H34N4O6S2. The van der Waals surface area contributed by atoms with Crippen LogP contribution >= 0.6 is 11.3 Å². The summed E-state index contributed by atoms with van der Waals surface area (Å²) in [5, 5.41) is 14.3. The Morgan fingerprint density at radius 2 is 2.00 bits per heavy atom. The minimum absolute atomic E-state index is 0.0480. The van der Waals surface area contributed by atoms with Crippen LogP contribution in [0.5, 0.6) is 5.75 Å². The first-order valence-corrected chi connectivity index (χ1v) is 14.1. The molecule has 0 radical (unpaired) electrons. The van der Waals surface area contributed by atoms with Gasteiger partial charge in [-0.25, -0.2) is 13.2 Å². The van der Waals surface area contributed by atoms with Gasteiger partial charge in [0.05, 0.1) is 30.4 Å². The first-order chi connectivity index (χ1) is 16.9. The lowest BCUT2D eigenvalue weighted by molar-refractivity contribution is 0.0369. The van der Waals surface area contributed by atoms with E-state index in [1.165, 1.54) is 17.0 Å². The standard InChI is InChI=1S/C24H34N4O6S2/c1-15(2)25-24(31)27(5)13-20-16(3)12-28(17(4)14-29)23(30)18-8-6-9-19(22(18)34-20)26-36(32,33)21-10-7-11-35-21/h6-11,15-17,20,26,29H,12-14H2,1-5H3,(H,25,31)/t16-,17-,20-/m0/s1. The fraction of sp³-hybridized carbons (Fsp3) is 0.500. The number of carbonyl (C=O) groups is 2. The number of hydrogen-bond donors (Lipinski definition) is 3. The predicted octanol–water partition coefficient (Wildman–Crippen LogP) is 2.82. The second-order valence-electron chi connectivity index (χ2n) is 9.33. The third-order valence-electron chi connectivity index (χ3n) is 5.91. The van der Waals surface area contributed by atoms with Crippen molar-refractivity contribution in [3.8, 4) is 5.75 Å². The van der Waals surface area contributed by atoms with Crippen molar-refractivity contribution in [1.29, 1.82) is 0 Å². The molecule has 0 aliphatic carbocycles. The zero-order valence-corrected chi connectivity index (χ0v) is 22.7. The van der Waals surface area contributed by atoms with Gasteiger partial charge in [-0.3, -0.25) is 9.52 Å². The third kappa shape index (κ3) is 6.29. The monoisotopic (exact) mass is 538 g/mol. The second-order valence-corrected chi connectivity index (χ2v) is 12.2. The van der Waals surface area contributed by atoms with Crippen LogP contribution in [0.3, 0.4) is 0 Å². The molecule has 3 atom stereocenters. The van der Waals surface area contributed by atoms with E-state index in [9.17, 15) is 23.1 Å². The van der Waals surface area contributed by atoms with Crippen molar-refractivity contribution in [2.75, 3.05) is 31.5 Å².